The molecule has 5 heteroatoms. The van der Waals surface area contributed by atoms with Gasteiger partial charge in [0.15, 0.2) is 6.10 Å². The van der Waals surface area contributed by atoms with Crippen LogP contribution in [0.4, 0.5) is 5.69 Å². The molecule has 0 saturated carbocycles. The number of rotatable bonds is 9. The highest BCUT2D eigenvalue weighted by atomic mass is 16.5. The predicted molar refractivity (Wildman–Crippen MR) is 118 cm³/mol. The van der Waals surface area contributed by atoms with Gasteiger partial charge in [-0.1, -0.05) is 26.3 Å². The van der Waals surface area contributed by atoms with E-state index in [1.165, 1.54) is 24.0 Å². The Hall–Kier alpha value is -2.82. The number of ether oxygens (including phenoxy) is 2. The number of carbonyl (C=O) groups is 2. The lowest BCUT2D eigenvalue weighted by Gasteiger charge is -2.20. The molecule has 3 rings (SSSR count). The van der Waals surface area contributed by atoms with Crippen molar-refractivity contribution in [3.8, 4) is 5.75 Å². The van der Waals surface area contributed by atoms with Crippen LogP contribution in [0.1, 0.15) is 67.4 Å². The van der Waals surface area contributed by atoms with Crippen LogP contribution in [0.15, 0.2) is 42.5 Å². The quantitative estimate of drug-likeness (QED) is 0.450. The van der Waals surface area contributed by atoms with E-state index in [-0.39, 0.29) is 11.9 Å². The van der Waals surface area contributed by atoms with Gasteiger partial charge in [-0.2, -0.15) is 0 Å². The minimum atomic E-state index is -0.578. The van der Waals surface area contributed by atoms with Crippen molar-refractivity contribution in [2.24, 2.45) is 0 Å². The summed E-state index contributed by atoms with van der Waals surface area (Å²) in [5, 5.41) is 2.88. The molecule has 5 nitrogen and oxygen atoms in total. The van der Waals surface area contributed by atoms with Crippen LogP contribution in [-0.2, 0) is 22.4 Å². The molecular weight excluding hydrogens is 378 g/mol. The van der Waals surface area contributed by atoms with E-state index in [4.69, 9.17) is 9.47 Å². The second kappa shape index (κ2) is 10.8. The zero-order valence-corrected chi connectivity index (χ0v) is 17.9. The second-order valence-electron chi connectivity index (χ2n) is 7.71. The summed E-state index contributed by atoms with van der Waals surface area (Å²) in [4.78, 5) is 24.7. The number of amides is 1. The van der Waals surface area contributed by atoms with Gasteiger partial charge in [-0.05, 0) is 86.1 Å². The van der Waals surface area contributed by atoms with Gasteiger partial charge in [0.2, 0.25) is 0 Å². The topological polar surface area (TPSA) is 64.6 Å². The second-order valence-corrected chi connectivity index (χ2v) is 7.71. The molecule has 30 heavy (non-hydrogen) atoms. The summed E-state index contributed by atoms with van der Waals surface area (Å²) in [6, 6.07) is 12.9. The first-order valence-corrected chi connectivity index (χ1v) is 11.0. The summed E-state index contributed by atoms with van der Waals surface area (Å²) < 4.78 is 11.2. The van der Waals surface area contributed by atoms with Crippen LogP contribution >= 0.6 is 0 Å². The fourth-order valence-electron chi connectivity index (χ4n) is 3.57. The van der Waals surface area contributed by atoms with E-state index in [1.807, 2.05) is 19.9 Å². The lowest BCUT2D eigenvalue weighted by atomic mass is 9.92. The van der Waals surface area contributed by atoms with Gasteiger partial charge in [-0.3, -0.25) is 4.79 Å². The number of fused-ring (bicyclic) bond motifs is 1. The third kappa shape index (κ3) is 5.85. The molecule has 1 aliphatic rings. The molecule has 160 valence electrons. The number of unbranched alkanes of at least 4 members (excludes halogenated alkanes) is 1. The zero-order valence-electron chi connectivity index (χ0n) is 17.9. The standard InChI is InChI=1S/C25H31NO4/c1-3-5-16-29-25(28)19-10-13-21(14-11-19)26-24(27)23(4-2)30-22-15-12-18-8-6-7-9-20(18)17-22/h10-15,17,23H,3-9,16H2,1-2H3,(H,26,27). The Morgan fingerprint density at radius 3 is 2.43 bits per heavy atom. The van der Waals surface area contributed by atoms with Crippen molar-refractivity contribution in [2.75, 3.05) is 11.9 Å². The first kappa shape index (κ1) is 21.9. The number of anilines is 1. The van der Waals surface area contributed by atoms with E-state index in [1.54, 1.807) is 24.3 Å². The van der Waals surface area contributed by atoms with Crippen LogP contribution < -0.4 is 10.1 Å². The van der Waals surface area contributed by atoms with Gasteiger partial charge in [-0.15, -0.1) is 0 Å². The SMILES string of the molecule is CCCCOC(=O)c1ccc(NC(=O)C(CC)Oc2ccc3c(c2)CCCC3)cc1. The number of carbonyl (C=O) groups excluding carboxylic acids is 2. The smallest absolute Gasteiger partial charge is 0.338 e. The van der Waals surface area contributed by atoms with Crippen molar-refractivity contribution in [1.82, 2.24) is 0 Å². The van der Waals surface area contributed by atoms with Gasteiger partial charge in [0.1, 0.15) is 5.75 Å². The molecule has 1 aliphatic carbocycles. The van der Waals surface area contributed by atoms with E-state index in [0.717, 1.165) is 31.4 Å². The first-order chi connectivity index (χ1) is 14.6. The van der Waals surface area contributed by atoms with Crippen molar-refractivity contribution in [3.05, 3.63) is 59.2 Å². The number of aryl methyl sites for hydroxylation is 2. The molecule has 1 unspecified atom stereocenters. The van der Waals surface area contributed by atoms with Crippen molar-refractivity contribution >= 4 is 17.6 Å². The molecule has 0 spiro atoms. The fourth-order valence-corrected chi connectivity index (χ4v) is 3.57. The molecule has 0 fully saturated rings. The molecule has 2 aromatic carbocycles. The summed E-state index contributed by atoms with van der Waals surface area (Å²) in [5.74, 6) is 0.194. The molecule has 1 N–H and O–H groups in total. The van der Waals surface area contributed by atoms with Crippen molar-refractivity contribution in [1.29, 1.82) is 0 Å². The Balaban J connectivity index is 1.57. The largest absolute Gasteiger partial charge is 0.481 e. The summed E-state index contributed by atoms with van der Waals surface area (Å²) in [6.45, 7) is 4.40. The maximum absolute atomic E-state index is 12.7. The van der Waals surface area contributed by atoms with Crippen molar-refractivity contribution < 1.29 is 19.1 Å². The van der Waals surface area contributed by atoms with Gasteiger partial charge in [0.25, 0.3) is 5.91 Å². The maximum Gasteiger partial charge on any atom is 0.338 e. The first-order valence-electron chi connectivity index (χ1n) is 11.0. The molecule has 0 saturated heterocycles. The Morgan fingerprint density at radius 2 is 1.73 bits per heavy atom. The van der Waals surface area contributed by atoms with Crippen LogP contribution in [-0.4, -0.2) is 24.6 Å². The summed E-state index contributed by atoms with van der Waals surface area (Å²) in [5.41, 5.74) is 3.81. The average molecular weight is 410 g/mol. The molecule has 2 aromatic rings. The number of benzene rings is 2. The Kier molecular flexibility index (Phi) is 7.89. The predicted octanol–water partition coefficient (Wildman–Crippen LogP) is 5.32. The van der Waals surface area contributed by atoms with Crippen LogP contribution in [0.2, 0.25) is 0 Å². The Labute approximate surface area is 178 Å². The van der Waals surface area contributed by atoms with Crippen LogP contribution in [0.3, 0.4) is 0 Å². The molecule has 0 radical (unpaired) electrons. The van der Waals surface area contributed by atoms with Crippen molar-refractivity contribution in [2.45, 2.75) is 64.9 Å². The van der Waals surface area contributed by atoms with E-state index in [2.05, 4.69) is 17.4 Å². The van der Waals surface area contributed by atoms with Crippen LogP contribution in [0.25, 0.3) is 0 Å². The van der Waals surface area contributed by atoms with Crippen LogP contribution in [0.5, 0.6) is 5.75 Å². The third-order valence-electron chi connectivity index (χ3n) is 5.38. The van der Waals surface area contributed by atoms with Gasteiger partial charge in [0, 0.05) is 5.69 Å². The monoisotopic (exact) mass is 409 g/mol. The van der Waals surface area contributed by atoms with Crippen LogP contribution in [0, 0.1) is 0 Å². The lowest BCUT2D eigenvalue weighted by Crippen LogP contribution is -2.32. The molecule has 1 atom stereocenters. The van der Waals surface area contributed by atoms with E-state index >= 15 is 0 Å². The highest BCUT2D eigenvalue weighted by Gasteiger charge is 2.20. The number of nitrogens with one attached hydrogen (secondary N) is 1. The van der Waals surface area contributed by atoms with Gasteiger partial charge in [-0.25, -0.2) is 4.79 Å². The minimum absolute atomic E-state index is 0.200. The van der Waals surface area contributed by atoms with Gasteiger partial charge >= 0.3 is 5.97 Å². The summed E-state index contributed by atoms with van der Waals surface area (Å²) >= 11 is 0. The average Bonchev–Trinajstić information content (AvgIpc) is 2.77. The fraction of sp³-hybridized carbons (Fsp3) is 0.440. The normalized spacial score (nSPS) is 13.8. The lowest BCUT2D eigenvalue weighted by molar-refractivity contribution is -0.122. The molecule has 0 bridgehead atoms. The highest BCUT2D eigenvalue weighted by Crippen LogP contribution is 2.26. The molecule has 0 aromatic heterocycles. The third-order valence-corrected chi connectivity index (χ3v) is 5.38. The van der Waals surface area contributed by atoms with E-state index in [0.29, 0.717) is 24.3 Å². The maximum atomic E-state index is 12.7. The minimum Gasteiger partial charge on any atom is -0.481 e. The highest BCUT2D eigenvalue weighted by molar-refractivity contribution is 5.95. The Morgan fingerprint density at radius 1 is 1.00 bits per heavy atom. The van der Waals surface area contributed by atoms with Gasteiger partial charge < -0.3 is 14.8 Å². The van der Waals surface area contributed by atoms with E-state index < -0.39 is 6.10 Å². The zero-order chi connectivity index (χ0) is 21.3. The molecule has 0 heterocycles. The molecular formula is C25H31NO4. The Bertz CT molecular complexity index is 860. The van der Waals surface area contributed by atoms with Gasteiger partial charge in [0.05, 0.1) is 12.2 Å². The summed E-state index contributed by atoms with van der Waals surface area (Å²) in [6.07, 6.45) is 6.44. The molecule has 0 aliphatic heterocycles. The molecule has 1 amide bonds. The number of hydrogen-bond donors (Lipinski definition) is 1. The number of hydrogen-bond acceptors (Lipinski definition) is 4. The van der Waals surface area contributed by atoms with Crippen molar-refractivity contribution in [3.63, 3.8) is 0 Å². The summed E-state index contributed by atoms with van der Waals surface area (Å²) in [7, 11) is 0. The van der Waals surface area contributed by atoms with E-state index in [9.17, 15) is 9.59 Å². The number of esters is 1.